The van der Waals surface area contributed by atoms with Crippen LogP contribution in [0.25, 0.3) is 0 Å². The number of halogens is 1. The zero-order valence-corrected chi connectivity index (χ0v) is 13.0. The minimum absolute atomic E-state index is 0.191. The molecule has 2 N–H and O–H groups in total. The third-order valence-corrected chi connectivity index (χ3v) is 5.49. The number of nitrogens with one attached hydrogen (secondary N) is 2. The molecule has 0 amide bonds. The van der Waals surface area contributed by atoms with Gasteiger partial charge in [-0.3, -0.25) is 14.7 Å². The van der Waals surface area contributed by atoms with E-state index in [1.807, 2.05) is 19.2 Å². The van der Waals surface area contributed by atoms with E-state index >= 15 is 0 Å². The summed E-state index contributed by atoms with van der Waals surface area (Å²) in [5, 5.41) is 0.799. The van der Waals surface area contributed by atoms with Crippen LogP contribution in [0.1, 0.15) is 28.8 Å². The van der Waals surface area contributed by atoms with Gasteiger partial charge in [-0.05, 0) is 37.1 Å². The number of likely N-dealkylation sites (N-methyl/N-ethyl adjacent to an activating group) is 1. The minimum atomic E-state index is -0.437. The first kappa shape index (κ1) is 13.8. The van der Waals surface area contributed by atoms with Crippen LogP contribution < -0.4 is 11.2 Å². The van der Waals surface area contributed by atoms with Crippen molar-refractivity contribution in [1.29, 1.82) is 0 Å². The Hall–Kier alpha value is -1.85. The number of benzene rings is 1. The summed E-state index contributed by atoms with van der Waals surface area (Å²) >= 11 is 6.34. The van der Waals surface area contributed by atoms with Crippen LogP contribution in [0.4, 0.5) is 0 Å². The van der Waals surface area contributed by atoms with Gasteiger partial charge in [0.15, 0.2) is 0 Å². The first-order valence-electron chi connectivity index (χ1n) is 7.35. The van der Waals surface area contributed by atoms with E-state index in [-0.39, 0.29) is 11.1 Å². The summed E-state index contributed by atoms with van der Waals surface area (Å²) in [7, 11) is 2.03. The van der Waals surface area contributed by atoms with E-state index in [9.17, 15) is 9.59 Å². The van der Waals surface area contributed by atoms with Gasteiger partial charge in [0.2, 0.25) is 0 Å². The summed E-state index contributed by atoms with van der Waals surface area (Å²) in [6.45, 7) is 0.521. The molecular formula is C16H16ClN3O2. The molecule has 0 saturated heterocycles. The van der Waals surface area contributed by atoms with Crippen molar-refractivity contribution in [3.05, 3.63) is 66.4 Å². The van der Waals surface area contributed by atoms with E-state index in [1.165, 1.54) is 11.1 Å². The summed E-state index contributed by atoms with van der Waals surface area (Å²) in [6, 6.07) is 6.00. The van der Waals surface area contributed by atoms with Crippen LogP contribution in [0.3, 0.4) is 0 Å². The highest BCUT2D eigenvalue weighted by Gasteiger charge is 2.46. The molecule has 1 atom stereocenters. The fourth-order valence-electron chi connectivity index (χ4n) is 3.99. The van der Waals surface area contributed by atoms with Gasteiger partial charge in [-0.15, -0.1) is 0 Å². The van der Waals surface area contributed by atoms with Gasteiger partial charge in [-0.25, -0.2) is 4.79 Å². The van der Waals surface area contributed by atoms with Gasteiger partial charge in [0, 0.05) is 23.7 Å². The second kappa shape index (κ2) is 4.57. The Kier molecular flexibility index (Phi) is 2.86. The lowest BCUT2D eigenvalue weighted by atomic mass is 9.81. The summed E-state index contributed by atoms with van der Waals surface area (Å²) in [5.74, 6) is 0. The summed E-state index contributed by atoms with van der Waals surface area (Å²) < 4.78 is 0. The smallest absolute Gasteiger partial charge is 0.311 e. The van der Waals surface area contributed by atoms with E-state index in [4.69, 9.17) is 11.6 Å². The highest BCUT2D eigenvalue weighted by Crippen LogP contribution is 2.47. The third kappa shape index (κ3) is 1.76. The quantitative estimate of drug-likeness (QED) is 0.774. The van der Waals surface area contributed by atoms with Gasteiger partial charge < -0.3 is 4.98 Å². The lowest BCUT2D eigenvalue weighted by Gasteiger charge is -2.43. The Bertz CT molecular complexity index is 886. The van der Waals surface area contributed by atoms with Crippen molar-refractivity contribution in [2.75, 3.05) is 7.05 Å². The van der Waals surface area contributed by atoms with Crippen molar-refractivity contribution >= 4 is 11.6 Å². The van der Waals surface area contributed by atoms with Crippen molar-refractivity contribution in [2.45, 2.75) is 31.3 Å². The van der Waals surface area contributed by atoms with Crippen molar-refractivity contribution in [3.8, 4) is 0 Å². The molecule has 0 saturated carbocycles. The van der Waals surface area contributed by atoms with E-state index in [0.29, 0.717) is 18.5 Å². The number of fused-ring (bicyclic) bond motifs is 3. The van der Waals surface area contributed by atoms with Crippen LogP contribution in [-0.2, 0) is 24.9 Å². The zero-order valence-electron chi connectivity index (χ0n) is 12.2. The SMILES string of the molecule is CN1Cc2c([nH]c(=O)[nH]c2=O)CC12CCc1c(Cl)cccc12. The molecule has 5 nitrogen and oxygen atoms in total. The number of hydrogen-bond acceptors (Lipinski definition) is 3. The Balaban J connectivity index is 1.91. The number of aromatic nitrogens is 2. The van der Waals surface area contributed by atoms with Crippen LogP contribution in [0.15, 0.2) is 27.8 Å². The maximum absolute atomic E-state index is 12.0. The molecule has 1 spiro atoms. The maximum Gasteiger partial charge on any atom is 0.325 e. The van der Waals surface area contributed by atoms with Gasteiger partial charge in [0.1, 0.15) is 0 Å². The summed E-state index contributed by atoms with van der Waals surface area (Å²) in [5.41, 5.74) is 2.89. The van der Waals surface area contributed by atoms with Crippen molar-refractivity contribution in [1.82, 2.24) is 14.9 Å². The normalized spacial score (nSPS) is 23.5. The highest BCUT2D eigenvalue weighted by molar-refractivity contribution is 6.31. The van der Waals surface area contributed by atoms with Crippen LogP contribution in [0.2, 0.25) is 5.02 Å². The van der Waals surface area contributed by atoms with Crippen LogP contribution in [-0.4, -0.2) is 21.9 Å². The lowest BCUT2D eigenvalue weighted by molar-refractivity contribution is 0.0921. The maximum atomic E-state index is 12.0. The topological polar surface area (TPSA) is 69.0 Å². The first-order valence-corrected chi connectivity index (χ1v) is 7.72. The minimum Gasteiger partial charge on any atom is -0.311 e. The van der Waals surface area contributed by atoms with Gasteiger partial charge in [0.25, 0.3) is 5.56 Å². The standard InChI is InChI=1S/C16H16ClN3O2/c1-20-8-10-13(18-15(22)19-14(10)21)7-16(20)6-5-9-11(16)3-2-4-12(9)17/h2-4H,5-8H2,1H3,(H2,18,19,21,22). The van der Waals surface area contributed by atoms with Gasteiger partial charge >= 0.3 is 5.69 Å². The van der Waals surface area contributed by atoms with Crippen molar-refractivity contribution in [2.24, 2.45) is 0 Å². The molecule has 1 aliphatic carbocycles. The molecule has 22 heavy (non-hydrogen) atoms. The monoisotopic (exact) mass is 317 g/mol. The fourth-order valence-corrected chi connectivity index (χ4v) is 4.26. The average molecular weight is 318 g/mol. The molecule has 0 radical (unpaired) electrons. The second-order valence-corrected chi connectivity index (χ2v) is 6.60. The number of aromatic amines is 2. The molecule has 1 aromatic heterocycles. The van der Waals surface area contributed by atoms with Gasteiger partial charge in [0.05, 0.1) is 11.1 Å². The summed E-state index contributed by atoms with van der Waals surface area (Å²) in [4.78, 5) is 31.0. The molecule has 1 aromatic carbocycles. The predicted molar refractivity (Wildman–Crippen MR) is 84.3 cm³/mol. The molecular weight excluding hydrogens is 302 g/mol. The predicted octanol–water partition coefficient (Wildman–Crippen LogP) is 1.55. The first-order chi connectivity index (χ1) is 10.5. The Morgan fingerprint density at radius 3 is 2.86 bits per heavy atom. The number of nitrogens with zero attached hydrogens (tertiary/aromatic N) is 1. The van der Waals surface area contributed by atoms with E-state index in [2.05, 4.69) is 20.9 Å². The highest BCUT2D eigenvalue weighted by atomic mass is 35.5. The molecule has 2 aromatic rings. The Morgan fingerprint density at radius 2 is 2.05 bits per heavy atom. The van der Waals surface area contributed by atoms with Crippen LogP contribution >= 0.6 is 11.6 Å². The number of hydrogen-bond donors (Lipinski definition) is 2. The number of H-pyrrole nitrogens is 2. The molecule has 0 bridgehead atoms. The molecule has 2 aliphatic rings. The summed E-state index contributed by atoms with van der Waals surface area (Å²) in [6.07, 6.45) is 2.49. The third-order valence-electron chi connectivity index (χ3n) is 5.13. The van der Waals surface area contributed by atoms with E-state index in [1.54, 1.807) is 0 Å². The molecule has 0 fully saturated rings. The van der Waals surface area contributed by atoms with E-state index < -0.39 is 5.69 Å². The molecule has 2 heterocycles. The van der Waals surface area contributed by atoms with Gasteiger partial charge in [-0.2, -0.15) is 0 Å². The molecule has 114 valence electrons. The molecule has 6 heteroatoms. The van der Waals surface area contributed by atoms with Crippen molar-refractivity contribution in [3.63, 3.8) is 0 Å². The van der Waals surface area contributed by atoms with Gasteiger partial charge in [-0.1, -0.05) is 23.7 Å². The van der Waals surface area contributed by atoms with E-state index in [0.717, 1.165) is 23.6 Å². The molecule has 1 aliphatic heterocycles. The zero-order chi connectivity index (χ0) is 15.5. The second-order valence-electron chi connectivity index (χ2n) is 6.20. The Labute approximate surface area is 131 Å². The fraction of sp³-hybridized carbons (Fsp3) is 0.375. The van der Waals surface area contributed by atoms with Crippen LogP contribution in [0.5, 0.6) is 0 Å². The van der Waals surface area contributed by atoms with Crippen LogP contribution in [0, 0.1) is 0 Å². The van der Waals surface area contributed by atoms with Crippen molar-refractivity contribution < 1.29 is 0 Å². The average Bonchev–Trinajstić information content (AvgIpc) is 2.83. The lowest BCUT2D eigenvalue weighted by Crippen LogP contribution is -2.49. The molecule has 1 unspecified atom stereocenters. The largest absolute Gasteiger partial charge is 0.325 e. The number of rotatable bonds is 0. The Morgan fingerprint density at radius 1 is 1.23 bits per heavy atom. The molecule has 4 rings (SSSR count).